The van der Waals surface area contributed by atoms with Gasteiger partial charge in [-0.3, -0.25) is 0 Å². The van der Waals surface area contributed by atoms with Gasteiger partial charge in [-0.1, -0.05) is 20.8 Å². The predicted octanol–water partition coefficient (Wildman–Crippen LogP) is 3.10. The summed E-state index contributed by atoms with van der Waals surface area (Å²) >= 11 is 0. The van der Waals surface area contributed by atoms with Crippen molar-refractivity contribution in [2.24, 2.45) is 0 Å². The van der Waals surface area contributed by atoms with Crippen LogP contribution in [0, 0.1) is 0 Å². The summed E-state index contributed by atoms with van der Waals surface area (Å²) in [7, 11) is 2.09. The maximum Gasteiger partial charge on any atom is 0.134 e. The molecule has 1 aromatic heterocycles. The normalized spacial score (nSPS) is 10.4. The van der Waals surface area contributed by atoms with Crippen molar-refractivity contribution in [2.75, 3.05) is 30.4 Å². The Morgan fingerprint density at radius 2 is 1.89 bits per heavy atom. The van der Waals surface area contributed by atoms with Gasteiger partial charge >= 0.3 is 0 Å². The minimum Gasteiger partial charge on any atom is -0.370 e. The number of aryl methyl sites for hydroxylation is 1. The molecule has 1 N–H and O–H groups in total. The van der Waals surface area contributed by atoms with Crippen molar-refractivity contribution in [3.8, 4) is 0 Å². The molecule has 4 nitrogen and oxygen atoms in total. The molecule has 0 bridgehead atoms. The van der Waals surface area contributed by atoms with Crippen LogP contribution in [-0.4, -0.2) is 30.1 Å². The summed E-state index contributed by atoms with van der Waals surface area (Å²) in [6, 6.07) is 2.05. The van der Waals surface area contributed by atoms with Gasteiger partial charge < -0.3 is 10.2 Å². The first-order chi connectivity index (χ1) is 8.71. The lowest BCUT2D eigenvalue weighted by Crippen LogP contribution is -2.20. The van der Waals surface area contributed by atoms with E-state index in [0.29, 0.717) is 0 Å². The van der Waals surface area contributed by atoms with E-state index in [2.05, 4.69) is 48.0 Å². The fourth-order valence-corrected chi connectivity index (χ4v) is 1.81. The van der Waals surface area contributed by atoms with Gasteiger partial charge in [0.25, 0.3) is 0 Å². The molecule has 0 saturated heterocycles. The van der Waals surface area contributed by atoms with Crippen LogP contribution in [-0.2, 0) is 6.42 Å². The summed E-state index contributed by atoms with van der Waals surface area (Å²) in [6.07, 6.45) is 4.25. The Balaban J connectivity index is 2.89. The monoisotopic (exact) mass is 250 g/mol. The Morgan fingerprint density at radius 1 is 1.11 bits per heavy atom. The highest BCUT2D eigenvalue weighted by Crippen LogP contribution is 2.16. The Labute approximate surface area is 111 Å². The zero-order valence-corrected chi connectivity index (χ0v) is 12.2. The van der Waals surface area contributed by atoms with Crippen molar-refractivity contribution in [1.82, 2.24) is 9.97 Å². The van der Waals surface area contributed by atoms with Gasteiger partial charge in [0.1, 0.15) is 17.5 Å². The molecule has 0 saturated carbocycles. The van der Waals surface area contributed by atoms with E-state index in [1.165, 1.54) is 0 Å². The molecule has 0 aromatic carbocycles. The van der Waals surface area contributed by atoms with Crippen LogP contribution in [0.25, 0.3) is 0 Å². The SMILES string of the molecule is CCCNc1cc(N(C)CCC)nc(CCC)n1. The van der Waals surface area contributed by atoms with Crippen LogP contribution in [0.3, 0.4) is 0 Å². The first-order valence-electron chi connectivity index (χ1n) is 7.04. The average Bonchev–Trinajstić information content (AvgIpc) is 2.37. The van der Waals surface area contributed by atoms with Gasteiger partial charge in [0.15, 0.2) is 0 Å². The van der Waals surface area contributed by atoms with Crippen molar-refractivity contribution in [2.45, 2.75) is 46.5 Å². The predicted molar refractivity (Wildman–Crippen MR) is 78.4 cm³/mol. The number of hydrogen-bond donors (Lipinski definition) is 1. The van der Waals surface area contributed by atoms with Gasteiger partial charge in [0.05, 0.1) is 0 Å². The third kappa shape index (κ3) is 4.51. The number of nitrogens with zero attached hydrogens (tertiary/aromatic N) is 3. The van der Waals surface area contributed by atoms with Crippen LogP contribution >= 0.6 is 0 Å². The summed E-state index contributed by atoms with van der Waals surface area (Å²) in [4.78, 5) is 11.4. The number of anilines is 2. The van der Waals surface area contributed by atoms with Gasteiger partial charge in [-0.05, 0) is 19.3 Å². The molecule has 0 aliphatic carbocycles. The summed E-state index contributed by atoms with van der Waals surface area (Å²) < 4.78 is 0. The Morgan fingerprint density at radius 3 is 2.50 bits per heavy atom. The maximum atomic E-state index is 4.62. The van der Waals surface area contributed by atoms with Crippen molar-refractivity contribution in [1.29, 1.82) is 0 Å². The highest BCUT2D eigenvalue weighted by Gasteiger charge is 2.07. The van der Waals surface area contributed by atoms with Gasteiger partial charge in [-0.25, -0.2) is 9.97 Å². The molecule has 0 unspecified atom stereocenters. The molecule has 1 aromatic rings. The Kier molecular flexibility index (Phi) is 6.47. The van der Waals surface area contributed by atoms with Crippen LogP contribution in [0.4, 0.5) is 11.6 Å². The number of rotatable bonds is 8. The topological polar surface area (TPSA) is 41.0 Å². The molecule has 18 heavy (non-hydrogen) atoms. The van der Waals surface area contributed by atoms with Crippen molar-refractivity contribution >= 4 is 11.6 Å². The Hall–Kier alpha value is -1.32. The van der Waals surface area contributed by atoms with E-state index >= 15 is 0 Å². The van der Waals surface area contributed by atoms with Gasteiger partial charge in [-0.15, -0.1) is 0 Å². The fourth-order valence-electron chi connectivity index (χ4n) is 1.81. The molecule has 0 spiro atoms. The molecule has 0 atom stereocenters. The third-order valence-electron chi connectivity index (χ3n) is 2.74. The molecular formula is C14H26N4. The lowest BCUT2D eigenvalue weighted by Gasteiger charge is -2.19. The third-order valence-corrected chi connectivity index (χ3v) is 2.74. The molecule has 0 aliphatic rings. The van der Waals surface area contributed by atoms with Gasteiger partial charge in [-0.2, -0.15) is 0 Å². The number of aromatic nitrogens is 2. The molecule has 102 valence electrons. The van der Waals surface area contributed by atoms with E-state index in [1.54, 1.807) is 0 Å². The number of nitrogens with one attached hydrogen (secondary N) is 1. The smallest absolute Gasteiger partial charge is 0.134 e. The van der Waals surface area contributed by atoms with E-state index in [0.717, 1.165) is 56.2 Å². The highest BCUT2D eigenvalue weighted by atomic mass is 15.2. The van der Waals surface area contributed by atoms with Gasteiger partial charge in [0.2, 0.25) is 0 Å². The quantitative estimate of drug-likeness (QED) is 0.769. The second kappa shape index (κ2) is 7.90. The standard InChI is InChI=1S/C14H26N4/c1-5-8-12-16-13(15-9-6-2)11-14(17-12)18(4)10-7-3/h11H,5-10H2,1-4H3,(H,15,16,17). The minimum absolute atomic E-state index is 0.939. The van der Waals surface area contributed by atoms with Crippen LogP contribution in [0.1, 0.15) is 45.9 Å². The van der Waals surface area contributed by atoms with Crippen molar-refractivity contribution < 1.29 is 0 Å². The molecule has 0 radical (unpaired) electrons. The van der Waals surface area contributed by atoms with Crippen LogP contribution < -0.4 is 10.2 Å². The molecule has 4 heteroatoms. The second-order valence-corrected chi connectivity index (χ2v) is 4.63. The molecule has 0 fully saturated rings. The first kappa shape index (κ1) is 14.7. The van der Waals surface area contributed by atoms with Crippen LogP contribution in [0.15, 0.2) is 6.07 Å². The summed E-state index contributed by atoms with van der Waals surface area (Å²) in [5.41, 5.74) is 0. The lowest BCUT2D eigenvalue weighted by molar-refractivity contribution is 0.796. The lowest BCUT2D eigenvalue weighted by atomic mass is 10.3. The zero-order valence-electron chi connectivity index (χ0n) is 12.2. The van der Waals surface area contributed by atoms with E-state index in [4.69, 9.17) is 0 Å². The molecular weight excluding hydrogens is 224 g/mol. The largest absolute Gasteiger partial charge is 0.370 e. The second-order valence-electron chi connectivity index (χ2n) is 4.63. The maximum absolute atomic E-state index is 4.62. The van der Waals surface area contributed by atoms with Crippen molar-refractivity contribution in [3.63, 3.8) is 0 Å². The highest BCUT2D eigenvalue weighted by molar-refractivity contribution is 5.49. The van der Waals surface area contributed by atoms with Crippen molar-refractivity contribution in [3.05, 3.63) is 11.9 Å². The van der Waals surface area contributed by atoms with Crippen LogP contribution in [0.5, 0.6) is 0 Å². The zero-order chi connectivity index (χ0) is 13.4. The summed E-state index contributed by atoms with van der Waals surface area (Å²) in [6.45, 7) is 8.48. The van der Waals surface area contributed by atoms with E-state index < -0.39 is 0 Å². The molecule has 1 rings (SSSR count). The molecule has 0 aliphatic heterocycles. The first-order valence-corrected chi connectivity index (χ1v) is 7.04. The Bertz CT molecular complexity index is 352. The van der Waals surface area contributed by atoms with E-state index in [-0.39, 0.29) is 0 Å². The van der Waals surface area contributed by atoms with Crippen LogP contribution in [0.2, 0.25) is 0 Å². The van der Waals surface area contributed by atoms with Gasteiger partial charge in [0, 0.05) is 32.6 Å². The van der Waals surface area contributed by atoms with E-state index in [1.807, 2.05) is 6.07 Å². The molecule has 1 heterocycles. The summed E-state index contributed by atoms with van der Waals surface area (Å²) in [5.74, 6) is 2.92. The number of hydrogen-bond acceptors (Lipinski definition) is 4. The van der Waals surface area contributed by atoms with E-state index in [9.17, 15) is 0 Å². The minimum atomic E-state index is 0.939. The fraction of sp³-hybridized carbons (Fsp3) is 0.714. The molecule has 0 amide bonds. The summed E-state index contributed by atoms with van der Waals surface area (Å²) in [5, 5.41) is 3.35. The average molecular weight is 250 g/mol.